The zero-order chi connectivity index (χ0) is 30.1. The Hall–Kier alpha value is -2.27. The summed E-state index contributed by atoms with van der Waals surface area (Å²) in [5.74, 6) is 0.409. The van der Waals surface area contributed by atoms with Crippen molar-refractivity contribution in [2.24, 2.45) is 17.6 Å². The number of carbonyl (C=O) groups excluding carboxylic acids is 2. The molecule has 0 amide bonds. The number of nitrogens with zero attached hydrogens (tertiary/aromatic N) is 5. The number of anilines is 1. The maximum atomic E-state index is 12.0. The zero-order valence-corrected chi connectivity index (χ0v) is 26.4. The van der Waals surface area contributed by atoms with E-state index in [2.05, 4.69) is 24.7 Å². The van der Waals surface area contributed by atoms with Gasteiger partial charge in [-0.15, -0.1) is 0 Å². The molecular formula is C27H39Cl3N6O4. The SMILES string of the molecule is COC(=O)C(C(C)C)N(C)c1nc(Cl)nc2c1CCC2.COC(=O)C(N)C(C)C.Clc1nc(Cl)c2c(n1)CCC2. The molecule has 2 aliphatic rings. The fourth-order valence-electron chi connectivity index (χ4n) is 4.57. The monoisotopic (exact) mass is 616 g/mol. The van der Waals surface area contributed by atoms with Crippen molar-refractivity contribution in [1.29, 1.82) is 0 Å². The van der Waals surface area contributed by atoms with Gasteiger partial charge >= 0.3 is 11.9 Å². The van der Waals surface area contributed by atoms with Crippen LogP contribution >= 0.6 is 34.8 Å². The Morgan fingerprint density at radius 2 is 1.27 bits per heavy atom. The summed E-state index contributed by atoms with van der Waals surface area (Å²) >= 11 is 17.5. The van der Waals surface area contributed by atoms with E-state index in [0.29, 0.717) is 5.15 Å². The van der Waals surface area contributed by atoms with Crippen LogP contribution in [0.2, 0.25) is 15.7 Å². The minimum atomic E-state index is -0.477. The highest BCUT2D eigenvalue weighted by atomic mass is 35.5. The maximum Gasteiger partial charge on any atom is 0.328 e. The number of aromatic nitrogens is 4. The Kier molecular flexibility index (Phi) is 13.3. The summed E-state index contributed by atoms with van der Waals surface area (Å²) < 4.78 is 9.32. The van der Waals surface area contributed by atoms with Crippen molar-refractivity contribution in [3.8, 4) is 0 Å². The molecular weight excluding hydrogens is 579 g/mol. The number of esters is 2. The van der Waals surface area contributed by atoms with Crippen LogP contribution in [0.5, 0.6) is 0 Å². The number of methoxy groups -OCH3 is 2. The number of hydrogen-bond acceptors (Lipinski definition) is 10. The summed E-state index contributed by atoms with van der Waals surface area (Å²) in [6.07, 6.45) is 5.99. The summed E-state index contributed by atoms with van der Waals surface area (Å²) in [6.45, 7) is 7.73. The molecule has 40 heavy (non-hydrogen) atoms. The van der Waals surface area contributed by atoms with Gasteiger partial charge in [0.2, 0.25) is 10.6 Å². The number of ether oxygens (including phenoxy) is 2. The molecule has 2 aromatic heterocycles. The Morgan fingerprint density at radius 1 is 0.775 bits per heavy atom. The van der Waals surface area contributed by atoms with Crippen LogP contribution in [0.25, 0.3) is 0 Å². The lowest BCUT2D eigenvalue weighted by atomic mass is 10.0. The molecule has 10 nitrogen and oxygen atoms in total. The van der Waals surface area contributed by atoms with Crippen LogP contribution in [0.15, 0.2) is 0 Å². The molecule has 2 aromatic rings. The maximum absolute atomic E-state index is 12.0. The number of nitrogens with two attached hydrogens (primary N) is 1. The Labute approximate surface area is 251 Å². The molecule has 0 radical (unpaired) electrons. The van der Waals surface area contributed by atoms with Gasteiger partial charge in [0, 0.05) is 18.2 Å². The minimum Gasteiger partial charge on any atom is -0.468 e. The van der Waals surface area contributed by atoms with Crippen LogP contribution in [0.4, 0.5) is 5.82 Å². The van der Waals surface area contributed by atoms with Gasteiger partial charge in [-0.2, -0.15) is 0 Å². The van der Waals surface area contributed by atoms with Gasteiger partial charge in [0.1, 0.15) is 23.1 Å². The molecule has 0 saturated carbocycles. The molecule has 2 aliphatic carbocycles. The highest BCUT2D eigenvalue weighted by molar-refractivity contribution is 6.32. The van der Waals surface area contributed by atoms with Gasteiger partial charge in [-0.1, -0.05) is 39.3 Å². The van der Waals surface area contributed by atoms with E-state index in [1.165, 1.54) is 14.2 Å². The summed E-state index contributed by atoms with van der Waals surface area (Å²) in [6, 6.07) is -0.856. The van der Waals surface area contributed by atoms with E-state index >= 15 is 0 Å². The van der Waals surface area contributed by atoms with Gasteiger partial charge in [-0.25, -0.2) is 24.7 Å². The number of hydrogen-bond donors (Lipinski definition) is 1. The molecule has 0 spiro atoms. The molecule has 0 aromatic carbocycles. The van der Waals surface area contributed by atoms with Crippen molar-refractivity contribution in [3.63, 3.8) is 0 Å². The van der Waals surface area contributed by atoms with E-state index in [1.54, 1.807) is 0 Å². The summed E-state index contributed by atoms with van der Waals surface area (Å²) in [4.78, 5) is 41.1. The first-order chi connectivity index (χ1) is 18.8. The second-order valence-electron chi connectivity index (χ2n) is 10.3. The predicted octanol–water partition coefficient (Wildman–Crippen LogP) is 4.67. The van der Waals surface area contributed by atoms with Gasteiger partial charge in [0.05, 0.1) is 25.6 Å². The smallest absolute Gasteiger partial charge is 0.328 e. The molecule has 0 bridgehead atoms. The number of rotatable bonds is 6. The minimum absolute atomic E-state index is 0.109. The summed E-state index contributed by atoms with van der Waals surface area (Å²) in [5, 5.41) is 1.02. The first-order valence-electron chi connectivity index (χ1n) is 13.2. The number of aryl methyl sites for hydroxylation is 2. The second kappa shape index (κ2) is 15.7. The van der Waals surface area contributed by atoms with Crippen molar-refractivity contribution >= 4 is 52.6 Å². The quantitative estimate of drug-likeness (QED) is 0.277. The van der Waals surface area contributed by atoms with E-state index in [9.17, 15) is 9.59 Å². The Bertz CT molecular complexity index is 1180. The van der Waals surface area contributed by atoms with Gasteiger partial charge in [-0.05, 0) is 73.6 Å². The molecule has 2 N–H and O–H groups in total. The third-order valence-electron chi connectivity index (χ3n) is 6.76. The molecule has 0 saturated heterocycles. The Morgan fingerprint density at radius 3 is 1.75 bits per heavy atom. The largest absolute Gasteiger partial charge is 0.468 e. The number of fused-ring (bicyclic) bond motifs is 2. The number of carbonyl (C=O) groups is 2. The van der Waals surface area contributed by atoms with Crippen LogP contribution in [0.1, 0.15) is 63.1 Å². The summed E-state index contributed by atoms with van der Waals surface area (Å²) in [7, 11) is 4.60. The standard InChI is InChI=1S/C14H20ClN3O2.C7H6Cl2N2.C6H13NO2/c1-8(2)11(13(19)20-4)18(3)12-9-6-5-7-10(9)16-14(15)17-12;8-6-4-2-1-3-5(4)10-7(9)11-6;1-4(2)5(7)6(8)9-3/h8,11H,5-7H2,1-4H3;1-3H2;4-5H,7H2,1-3H3. The van der Waals surface area contributed by atoms with Gasteiger partial charge in [0.25, 0.3) is 0 Å². The first-order valence-corrected chi connectivity index (χ1v) is 14.4. The van der Waals surface area contributed by atoms with Crippen LogP contribution < -0.4 is 10.6 Å². The molecule has 4 rings (SSSR count). The van der Waals surface area contributed by atoms with E-state index in [4.69, 9.17) is 45.3 Å². The van der Waals surface area contributed by atoms with E-state index in [1.807, 2.05) is 39.6 Å². The second-order valence-corrected chi connectivity index (χ2v) is 11.3. The zero-order valence-electron chi connectivity index (χ0n) is 24.1. The topological polar surface area (TPSA) is 133 Å². The number of likely N-dealkylation sites (N-methyl/N-ethyl adjacent to an activating group) is 1. The molecule has 0 aliphatic heterocycles. The van der Waals surface area contributed by atoms with Crippen molar-refractivity contribution in [2.45, 2.75) is 78.3 Å². The predicted molar refractivity (Wildman–Crippen MR) is 157 cm³/mol. The van der Waals surface area contributed by atoms with Crippen LogP contribution in [-0.4, -0.2) is 65.2 Å². The van der Waals surface area contributed by atoms with Crippen molar-refractivity contribution in [2.75, 3.05) is 26.2 Å². The number of halogens is 3. The first kappa shape index (κ1) is 33.9. The van der Waals surface area contributed by atoms with E-state index in [-0.39, 0.29) is 40.4 Å². The third kappa shape index (κ3) is 8.86. The van der Waals surface area contributed by atoms with Crippen molar-refractivity contribution in [3.05, 3.63) is 38.2 Å². The molecule has 2 unspecified atom stereocenters. The highest BCUT2D eigenvalue weighted by Crippen LogP contribution is 2.31. The lowest BCUT2D eigenvalue weighted by Crippen LogP contribution is -2.44. The van der Waals surface area contributed by atoms with E-state index in [0.717, 1.165) is 66.9 Å². The van der Waals surface area contributed by atoms with Crippen molar-refractivity contribution in [1.82, 2.24) is 19.9 Å². The molecule has 222 valence electrons. The van der Waals surface area contributed by atoms with Gasteiger partial charge in [-0.3, -0.25) is 4.79 Å². The van der Waals surface area contributed by atoms with Gasteiger partial charge < -0.3 is 20.1 Å². The van der Waals surface area contributed by atoms with Crippen LogP contribution in [0, 0.1) is 11.8 Å². The molecule has 13 heteroatoms. The third-order valence-corrected chi connectivity index (χ3v) is 7.41. The highest BCUT2D eigenvalue weighted by Gasteiger charge is 2.31. The van der Waals surface area contributed by atoms with Crippen LogP contribution in [0.3, 0.4) is 0 Å². The van der Waals surface area contributed by atoms with Gasteiger partial charge in [0.15, 0.2) is 0 Å². The lowest BCUT2D eigenvalue weighted by molar-refractivity contribution is -0.144. The average Bonchev–Trinajstić information content (AvgIpc) is 3.57. The van der Waals surface area contributed by atoms with Crippen LogP contribution in [-0.2, 0) is 44.7 Å². The fourth-order valence-corrected chi connectivity index (χ4v) is 5.27. The normalized spacial score (nSPS) is 14.7. The summed E-state index contributed by atoms with van der Waals surface area (Å²) in [5.41, 5.74) is 9.60. The lowest BCUT2D eigenvalue weighted by Gasteiger charge is -2.31. The molecule has 2 heterocycles. The molecule has 0 fully saturated rings. The fraction of sp³-hybridized carbons (Fsp3) is 0.630. The van der Waals surface area contributed by atoms with Crippen molar-refractivity contribution < 1.29 is 19.1 Å². The Balaban J connectivity index is 0.000000235. The van der Waals surface area contributed by atoms with E-state index < -0.39 is 6.04 Å². The average molecular weight is 618 g/mol. The molecule has 2 atom stereocenters.